The highest BCUT2D eigenvalue weighted by molar-refractivity contribution is 5.72. The topological polar surface area (TPSA) is 56.5 Å². The maximum atomic E-state index is 11.4. The fourth-order valence-corrected chi connectivity index (χ4v) is 2.11. The molecule has 1 heterocycles. The van der Waals surface area contributed by atoms with Crippen LogP contribution < -0.4 is 4.57 Å². The van der Waals surface area contributed by atoms with Gasteiger partial charge < -0.3 is 9.47 Å². The van der Waals surface area contributed by atoms with Crippen LogP contribution in [0.4, 0.5) is 0 Å². The molecular formula is C17H26NO4+. The van der Waals surface area contributed by atoms with Crippen LogP contribution in [0.1, 0.15) is 45.1 Å². The Morgan fingerprint density at radius 2 is 1.59 bits per heavy atom. The van der Waals surface area contributed by atoms with Gasteiger partial charge in [-0.15, -0.1) is 0 Å². The maximum Gasteiger partial charge on any atom is 0.310 e. The molecule has 0 spiro atoms. The van der Waals surface area contributed by atoms with Crippen molar-refractivity contribution in [3.8, 4) is 0 Å². The number of carbonyl (C=O) groups excluding carboxylic acids is 2. The molecule has 0 aromatic carbocycles. The molecule has 0 radical (unpaired) electrons. The lowest BCUT2D eigenvalue weighted by molar-refractivity contribution is -0.697. The van der Waals surface area contributed by atoms with E-state index >= 15 is 0 Å². The smallest absolute Gasteiger partial charge is 0.310 e. The van der Waals surface area contributed by atoms with E-state index in [4.69, 9.17) is 9.47 Å². The van der Waals surface area contributed by atoms with Crippen molar-refractivity contribution in [2.24, 2.45) is 0 Å². The second-order valence-corrected chi connectivity index (χ2v) is 5.04. The molecule has 0 unspecified atom stereocenters. The van der Waals surface area contributed by atoms with Crippen molar-refractivity contribution in [2.45, 2.75) is 52.5 Å². The second kappa shape index (κ2) is 10.8. The number of aromatic nitrogens is 1. The van der Waals surface area contributed by atoms with Crippen LogP contribution in [-0.2, 0) is 32.0 Å². The van der Waals surface area contributed by atoms with Crippen molar-refractivity contribution >= 4 is 11.9 Å². The molecule has 22 heavy (non-hydrogen) atoms. The van der Waals surface area contributed by atoms with Gasteiger partial charge in [-0.05, 0) is 32.3 Å². The van der Waals surface area contributed by atoms with Crippen LogP contribution in [0, 0.1) is 0 Å². The minimum atomic E-state index is -0.195. The third-order valence-electron chi connectivity index (χ3n) is 3.22. The Hall–Kier alpha value is -1.91. The Balaban J connectivity index is 2.21. The van der Waals surface area contributed by atoms with Gasteiger partial charge in [0.1, 0.15) is 6.54 Å². The summed E-state index contributed by atoms with van der Waals surface area (Å²) in [6.07, 6.45) is 7.63. The van der Waals surface area contributed by atoms with E-state index in [1.54, 1.807) is 6.92 Å². The van der Waals surface area contributed by atoms with Gasteiger partial charge in [-0.2, -0.15) is 0 Å². The van der Waals surface area contributed by atoms with Crippen LogP contribution in [-0.4, -0.2) is 25.2 Å². The van der Waals surface area contributed by atoms with E-state index in [0.717, 1.165) is 31.4 Å². The van der Waals surface area contributed by atoms with Gasteiger partial charge >= 0.3 is 11.9 Å². The van der Waals surface area contributed by atoms with E-state index < -0.39 is 0 Å². The monoisotopic (exact) mass is 308 g/mol. The van der Waals surface area contributed by atoms with Crippen LogP contribution in [0.15, 0.2) is 24.5 Å². The lowest BCUT2D eigenvalue weighted by atomic mass is 10.2. The van der Waals surface area contributed by atoms with Crippen molar-refractivity contribution in [1.29, 1.82) is 0 Å². The number of aryl methyl sites for hydroxylation is 1. The zero-order chi connectivity index (χ0) is 16.2. The molecule has 1 aromatic heterocycles. The molecule has 0 fully saturated rings. The number of hydrogen-bond donors (Lipinski definition) is 0. The minimum Gasteiger partial charge on any atom is -0.466 e. The summed E-state index contributed by atoms with van der Waals surface area (Å²) in [7, 11) is 0. The average Bonchev–Trinajstić information content (AvgIpc) is 2.49. The predicted octanol–water partition coefficient (Wildman–Crippen LogP) is 2.20. The SMILES string of the molecule is CCOC(=O)CCCCC[n+]1ccc(CC(=O)OCC)cc1. The highest BCUT2D eigenvalue weighted by Gasteiger charge is 2.07. The Morgan fingerprint density at radius 1 is 0.955 bits per heavy atom. The summed E-state index contributed by atoms with van der Waals surface area (Å²) in [4.78, 5) is 22.6. The average molecular weight is 308 g/mol. The Labute approximate surface area is 132 Å². The van der Waals surface area contributed by atoms with Crippen LogP contribution in [0.25, 0.3) is 0 Å². The highest BCUT2D eigenvalue weighted by atomic mass is 16.5. The summed E-state index contributed by atoms with van der Waals surface area (Å²) >= 11 is 0. The van der Waals surface area contributed by atoms with Crippen LogP contribution in [0.3, 0.4) is 0 Å². The summed E-state index contributed by atoms with van der Waals surface area (Å²) in [6, 6.07) is 3.88. The zero-order valence-electron chi connectivity index (χ0n) is 13.5. The van der Waals surface area contributed by atoms with Gasteiger partial charge in [0, 0.05) is 25.0 Å². The molecule has 0 aliphatic rings. The minimum absolute atomic E-state index is 0.113. The molecule has 0 N–H and O–H groups in total. The van der Waals surface area contributed by atoms with Gasteiger partial charge in [0.05, 0.1) is 19.6 Å². The third kappa shape index (κ3) is 7.76. The molecule has 1 aromatic rings. The summed E-state index contributed by atoms with van der Waals surface area (Å²) in [5, 5.41) is 0. The molecule has 0 saturated heterocycles. The first kappa shape index (κ1) is 18.1. The Morgan fingerprint density at radius 3 is 2.23 bits per heavy atom. The lowest BCUT2D eigenvalue weighted by Gasteiger charge is -2.02. The first-order valence-corrected chi connectivity index (χ1v) is 7.95. The van der Waals surface area contributed by atoms with Crippen molar-refractivity contribution < 1.29 is 23.6 Å². The number of carbonyl (C=O) groups is 2. The summed E-state index contributed by atoms with van der Waals surface area (Å²) < 4.78 is 11.9. The number of rotatable bonds is 10. The highest BCUT2D eigenvalue weighted by Crippen LogP contribution is 2.02. The molecule has 0 amide bonds. The number of unbranched alkanes of at least 4 members (excludes halogenated alkanes) is 2. The van der Waals surface area contributed by atoms with Crippen LogP contribution in [0.5, 0.6) is 0 Å². The van der Waals surface area contributed by atoms with Gasteiger partial charge in [0.15, 0.2) is 12.4 Å². The van der Waals surface area contributed by atoms with Crippen molar-refractivity contribution in [2.75, 3.05) is 13.2 Å². The predicted molar refractivity (Wildman–Crippen MR) is 82.1 cm³/mol. The summed E-state index contributed by atoms with van der Waals surface area (Å²) in [5.74, 6) is -0.308. The Bertz CT molecular complexity index is 456. The van der Waals surface area contributed by atoms with Crippen LogP contribution >= 0.6 is 0 Å². The van der Waals surface area contributed by atoms with E-state index in [-0.39, 0.29) is 11.9 Å². The van der Waals surface area contributed by atoms with Crippen molar-refractivity contribution in [3.63, 3.8) is 0 Å². The molecule has 5 heteroatoms. The molecule has 5 nitrogen and oxygen atoms in total. The first-order chi connectivity index (χ1) is 10.7. The molecule has 122 valence electrons. The standard InChI is InChI=1S/C17H26NO4/c1-3-21-16(19)8-6-5-7-11-18-12-9-15(10-13-18)14-17(20)22-4-2/h9-10,12-13H,3-8,11,14H2,1-2H3/q+1. The number of pyridine rings is 1. The van der Waals surface area contributed by atoms with E-state index in [9.17, 15) is 9.59 Å². The molecule has 0 atom stereocenters. The number of nitrogens with zero attached hydrogens (tertiary/aromatic N) is 1. The van der Waals surface area contributed by atoms with E-state index in [0.29, 0.717) is 26.1 Å². The normalized spacial score (nSPS) is 10.3. The van der Waals surface area contributed by atoms with Gasteiger partial charge in [-0.3, -0.25) is 9.59 Å². The fraction of sp³-hybridized carbons (Fsp3) is 0.588. The van der Waals surface area contributed by atoms with E-state index in [1.165, 1.54) is 0 Å². The number of hydrogen-bond acceptors (Lipinski definition) is 4. The Kier molecular flexibility index (Phi) is 8.88. The summed E-state index contributed by atoms with van der Waals surface area (Å²) in [5.41, 5.74) is 0.956. The largest absolute Gasteiger partial charge is 0.466 e. The van der Waals surface area contributed by atoms with Gasteiger partial charge in [-0.1, -0.05) is 0 Å². The maximum absolute atomic E-state index is 11.4. The molecule has 0 aliphatic carbocycles. The summed E-state index contributed by atoms with van der Waals surface area (Å²) in [6.45, 7) is 5.39. The van der Waals surface area contributed by atoms with E-state index in [2.05, 4.69) is 4.57 Å². The fourth-order valence-electron chi connectivity index (χ4n) is 2.11. The third-order valence-corrected chi connectivity index (χ3v) is 3.22. The van der Waals surface area contributed by atoms with E-state index in [1.807, 2.05) is 31.5 Å². The quantitative estimate of drug-likeness (QED) is 0.378. The molecular weight excluding hydrogens is 282 g/mol. The first-order valence-electron chi connectivity index (χ1n) is 7.95. The van der Waals surface area contributed by atoms with Gasteiger partial charge in [-0.25, -0.2) is 4.57 Å². The second-order valence-electron chi connectivity index (χ2n) is 5.04. The molecule has 0 bridgehead atoms. The molecule has 0 aliphatic heterocycles. The van der Waals surface area contributed by atoms with Crippen molar-refractivity contribution in [3.05, 3.63) is 30.1 Å². The molecule has 0 saturated carbocycles. The zero-order valence-corrected chi connectivity index (χ0v) is 13.5. The number of ether oxygens (including phenoxy) is 2. The molecule has 1 rings (SSSR count). The van der Waals surface area contributed by atoms with Gasteiger partial charge in [0.25, 0.3) is 0 Å². The lowest BCUT2D eigenvalue weighted by Crippen LogP contribution is -2.32. The number of esters is 2. The van der Waals surface area contributed by atoms with Crippen molar-refractivity contribution in [1.82, 2.24) is 0 Å². The van der Waals surface area contributed by atoms with Crippen LogP contribution in [0.2, 0.25) is 0 Å². The van der Waals surface area contributed by atoms with Gasteiger partial charge in [0.2, 0.25) is 0 Å².